The Balaban J connectivity index is 2.61. The van der Waals surface area contributed by atoms with Gasteiger partial charge in [-0.05, 0) is 26.0 Å². The van der Waals surface area contributed by atoms with E-state index in [1.54, 1.807) is 0 Å². The second kappa shape index (κ2) is 4.10. The average Bonchev–Trinajstić information content (AvgIpc) is 2.58. The van der Waals surface area contributed by atoms with E-state index in [9.17, 15) is 0 Å². The number of rotatable bonds is 2. The monoisotopic (exact) mass is 215 g/mol. The molecule has 0 amide bonds. The molecule has 3 heteroatoms. The molecular formula is C13H17N3. The fraction of sp³-hybridized carbons (Fsp3) is 0.308. The minimum Gasteiger partial charge on any atom is -0.326 e. The van der Waals surface area contributed by atoms with Crippen LogP contribution in [-0.2, 0) is 13.6 Å². The molecular weight excluding hydrogens is 198 g/mol. The molecule has 16 heavy (non-hydrogen) atoms. The van der Waals surface area contributed by atoms with E-state index >= 15 is 0 Å². The van der Waals surface area contributed by atoms with Gasteiger partial charge >= 0.3 is 0 Å². The van der Waals surface area contributed by atoms with Crippen LogP contribution in [0.25, 0.3) is 11.3 Å². The summed E-state index contributed by atoms with van der Waals surface area (Å²) in [5.74, 6) is 0. The van der Waals surface area contributed by atoms with Gasteiger partial charge in [-0.3, -0.25) is 4.68 Å². The molecule has 1 heterocycles. The van der Waals surface area contributed by atoms with Crippen LogP contribution in [0, 0.1) is 13.8 Å². The van der Waals surface area contributed by atoms with Crippen molar-refractivity contribution in [3.63, 3.8) is 0 Å². The minimum atomic E-state index is 0.524. The predicted molar refractivity (Wildman–Crippen MR) is 66.0 cm³/mol. The van der Waals surface area contributed by atoms with Crippen LogP contribution in [0.5, 0.6) is 0 Å². The zero-order valence-corrected chi connectivity index (χ0v) is 9.99. The Morgan fingerprint density at radius 1 is 1.19 bits per heavy atom. The van der Waals surface area contributed by atoms with Crippen LogP contribution in [0.2, 0.25) is 0 Å². The predicted octanol–water partition coefficient (Wildman–Crippen LogP) is 2.16. The van der Waals surface area contributed by atoms with Gasteiger partial charge in [-0.25, -0.2) is 0 Å². The van der Waals surface area contributed by atoms with Gasteiger partial charge < -0.3 is 5.73 Å². The lowest BCUT2D eigenvalue weighted by molar-refractivity contribution is 0.775. The lowest BCUT2D eigenvalue weighted by Crippen LogP contribution is -2.00. The standard InChI is InChI=1S/C13H17N3/c1-9-4-10(2)6-11(5-9)13-12(7-14)8-15-16(13)3/h4-6,8H,7,14H2,1-3H3. The molecule has 0 fully saturated rings. The number of aromatic nitrogens is 2. The molecule has 0 aliphatic heterocycles. The summed E-state index contributed by atoms with van der Waals surface area (Å²) in [6.45, 7) is 4.74. The summed E-state index contributed by atoms with van der Waals surface area (Å²) in [5.41, 5.74) is 11.7. The van der Waals surface area contributed by atoms with Crippen molar-refractivity contribution >= 4 is 0 Å². The molecule has 0 bridgehead atoms. The normalized spacial score (nSPS) is 10.8. The summed E-state index contributed by atoms with van der Waals surface area (Å²) in [5, 5.41) is 4.26. The molecule has 1 aromatic heterocycles. The zero-order valence-electron chi connectivity index (χ0n) is 9.99. The summed E-state index contributed by atoms with van der Waals surface area (Å²) in [6, 6.07) is 6.51. The molecule has 3 nitrogen and oxygen atoms in total. The van der Waals surface area contributed by atoms with E-state index in [2.05, 4.69) is 37.1 Å². The van der Waals surface area contributed by atoms with Crippen LogP contribution in [0.4, 0.5) is 0 Å². The quantitative estimate of drug-likeness (QED) is 0.834. The van der Waals surface area contributed by atoms with Crippen molar-refractivity contribution in [2.75, 3.05) is 0 Å². The first-order valence-corrected chi connectivity index (χ1v) is 5.41. The molecule has 0 saturated heterocycles. The van der Waals surface area contributed by atoms with Crippen molar-refractivity contribution in [3.05, 3.63) is 41.1 Å². The molecule has 84 valence electrons. The SMILES string of the molecule is Cc1cc(C)cc(-c2c(CN)cnn2C)c1. The summed E-state index contributed by atoms with van der Waals surface area (Å²) in [4.78, 5) is 0. The van der Waals surface area contributed by atoms with Crippen molar-refractivity contribution in [3.8, 4) is 11.3 Å². The molecule has 2 N–H and O–H groups in total. The maximum Gasteiger partial charge on any atom is 0.0724 e. The summed E-state index contributed by atoms with van der Waals surface area (Å²) < 4.78 is 1.89. The molecule has 0 aliphatic carbocycles. The number of nitrogens with zero attached hydrogens (tertiary/aromatic N) is 2. The molecule has 2 aromatic rings. The third-order valence-corrected chi connectivity index (χ3v) is 2.73. The van der Waals surface area contributed by atoms with Crippen LogP contribution in [0.3, 0.4) is 0 Å². The van der Waals surface area contributed by atoms with Crippen molar-refractivity contribution in [1.29, 1.82) is 0 Å². The van der Waals surface area contributed by atoms with Crippen LogP contribution in [0.15, 0.2) is 24.4 Å². The Kier molecular flexibility index (Phi) is 2.79. The van der Waals surface area contributed by atoms with Crippen LogP contribution >= 0.6 is 0 Å². The van der Waals surface area contributed by atoms with Crippen LogP contribution in [0.1, 0.15) is 16.7 Å². The average molecular weight is 215 g/mol. The van der Waals surface area contributed by atoms with Crippen molar-refractivity contribution < 1.29 is 0 Å². The molecule has 0 unspecified atom stereocenters. The smallest absolute Gasteiger partial charge is 0.0724 e. The molecule has 0 atom stereocenters. The van der Waals surface area contributed by atoms with E-state index in [4.69, 9.17) is 5.73 Å². The topological polar surface area (TPSA) is 43.8 Å². The second-order valence-corrected chi connectivity index (χ2v) is 4.22. The van der Waals surface area contributed by atoms with E-state index in [0.29, 0.717) is 6.54 Å². The maximum atomic E-state index is 5.72. The van der Waals surface area contributed by atoms with Gasteiger partial charge in [0.2, 0.25) is 0 Å². The van der Waals surface area contributed by atoms with Gasteiger partial charge in [-0.1, -0.05) is 17.2 Å². The number of hydrogen-bond donors (Lipinski definition) is 1. The van der Waals surface area contributed by atoms with Crippen LogP contribution < -0.4 is 5.73 Å². The van der Waals surface area contributed by atoms with E-state index < -0.39 is 0 Å². The van der Waals surface area contributed by atoms with Gasteiger partial charge in [-0.2, -0.15) is 5.10 Å². The lowest BCUT2D eigenvalue weighted by atomic mass is 10.0. The van der Waals surface area contributed by atoms with Crippen molar-refractivity contribution in [2.24, 2.45) is 12.8 Å². The van der Waals surface area contributed by atoms with Gasteiger partial charge in [0, 0.05) is 24.7 Å². The highest BCUT2D eigenvalue weighted by molar-refractivity contribution is 5.65. The first kappa shape index (κ1) is 10.9. The zero-order chi connectivity index (χ0) is 11.7. The molecule has 0 spiro atoms. The second-order valence-electron chi connectivity index (χ2n) is 4.22. The van der Waals surface area contributed by atoms with Gasteiger partial charge in [0.25, 0.3) is 0 Å². The largest absolute Gasteiger partial charge is 0.326 e. The fourth-order valence-corrected chi connectivity index (χ4v) is 2.12. The summed E-state index contributed by atoms with van der Waals surface area (Å²) in [6.07, 6.45) is 1.84. The Labute approximate surface area is 95.9 Å². The lowest BCUT2D eigenvalue weighted by Gasteiger charge is -2.07. The maximum absolute atomic E-state index is 5.72. The molecule has 0 radical (unpaired) electrons. The minimum absolute atomic E-state index is 0.524. The highest BCUT2D eigenvalue weighted by atomic mass is 15.3. The van der Waals surface area contributed by atoms with Crippen LogP contribution in [-0.4, -0.2) is 9.78 Å². The number of benzene rings is 1. The Bertz CT molecular complexity index is 492. The third kappa shape index (κ3) is 1.86. The molecule has 0 aliphatic rings. The molecule has 1 aromatic carbocycles. The highest BCUT2D eigenvalue weighted by Crippen LogP contribution is 2.24. The van der Waals surface area contributed by atoms with E-state index in [0.717, 1.165) is 11.3 Å². The first-order chi connectivity index (χ1) is 7.61. The van der Waals surface area contributed by atoms with Crippen molar-refractivity contribution in [2.45, 2.75) is 20.4 Å². The number of hydrogen-bond acceptors (Lipinski definition) is 2. The molecule has 0 saturated carbocycles. The van der Waals surface area contributed by atoms with Gasteiger partial charge in [0.05, 0.1) is 11.9 Å². The van der Waals surface area contributed by atoms with Gasteiger partial charge in [0.1, 0.15) is 0 Å². The number of aryl methyl sites for hydroxylation is 3. The highest BCUT2D eigenvalue weighted by Gasteiger charge is 2.10. The Hall–Kier alpha value is -1.61. The van der Waals surface area contributed by atoms with E-state index in [1.165, 1.54) is 16.7 Å². The van der Waals surface area contributed by atoms with Crippen molar-refractivity contribution in [1.82, 2.24) is 9.78 Å². The Morgan fingerprint density at radius 2 is 1.81 bits per heavy atom. The van der Waals surface area contributed by atoms with Gasteiger partial charge in [-0.15, -0.1) is 0 Å². The first-order valence-electron chi connectivity index (χ1n) is 5.41. The van der Waals surface area contributed by atoms with Gasteiger partial charge in [0.15, 0.2) is 0 Å². The number of nitrogens with two attached hydrogens (primary N) is 1. The molecule has 2 rings (SSSR count). The fourth-order valence-electron chi connectivity index (χ4n) is 2.12. The third-order valence-electron chi connectivity index (χ3n) is 2.73. The van der Waals surface area contributed by atoms with E-state index in [-0.39, 0.29) is 0 Å². The Morgan fingerprint density at radius 3 is 2.38 bits per heavy atom. The van der Waals surface area contributed by atoms with E-state index in [1.807, 2.05) is 17.9 Å². The summed E-state index contributed by atoms with van der Waals surface area (Å²) >= 11 is 0. The summed E-state index contributed by atoms with van der Waals surface area (Å²) in [7, 11) is 1.95.